The van der Waals surface area contributed by atoms with Crippen molar-refractivity contribution >= 4 is 15.5 Å². The molecule has 0 atom stereocenters. The van der Waals surface area contributed by atoms with Gasteiger partial charge < -0.3 is 10.4 Å². The molecule has 20 heavy (non-hydrogen) atoms. The normalized spacial score (nSPS) is 18.4. The van der Waals surface area contributed by atoms with Crippen molar-refractivity contribution in [2.75, 3.05) is 11.9 Å². The van der Waals surface area contributed by atoms with E-state index >= 15 is 0 Å². The Kier molecular flexibility index (Phi) is 3.72. The zero-order valence-corrected chi connectivity index (χ0v) is 11.3. The Labute approximate surface area is 114 Å². The summed E-state index contributed by atoms with van der Waals surface area (Å²) in [5.41, 5.74) is -5.26. The Morgan fingerprint density at radius 2 is 1.75 bits per heavy atom. The molecule has 0 saturated heterocycles. The maximum Gasteiger partial charge on any atom is 0.501 e. The molecule has 1 saturated carbocycles. The molecule has 8 heteroatoms. The number of anilines is 1. The van der Waals surface area contributed by atoms with Crippen LogP contribution in [0.3, 0.4) is 0 Å². The molecule has 0 unspecified atom stereocenters. The number of aliphatic hydroxyl groups excluding tert-OH is 1. The fourth-order valence-electron chi connectivity index (χ4n) is 2.08. The molecule has 0 aromatic heterocycles. The van der Waals surface area contributed by atoms with E-state index in [9.17, 15) is 26.7 Å². The molecule has 0 radical (unpaired) electrons. The van der Waals surface area contributed by atoms with Crippen LogP contribution in [-0.4, -0.2) is 31.2 Å². The summed E-state index contributed by atoms with van der Waals surface area (Å²) in [6.07, 6.45) is 2.51. The predicted octanol–water partition coefficient (Wildman–Crippen LogP) is 2.31. The summed E-state index contributed by atoms with van der Waals surface area (Å²) in [5, 5.41) is 12.3. The summed E-state index contributed by atoms with van der Waals surface area (Å²) < 4.78 is 59.5. The monoisotopic (exact) mass is 309 g/mol. The molecule has 112 valence electrons. The molecule has 0 amide bonds. The largest absolute Gasteiger partial charge is 0.501 e. The fraction of sp³-hybridized carbons (Fsp3) is 0.500. The zero-order valence-electron chi connectivity index (χ0n) is 10.4. The van der Waals surface area contributed by atoms with Crippen molar-refractivity contribution in [1.29, 1.82) is 0 Å². The van der Waals surface area contributed by atoms with Gasteiger partial charge in [0, 0.05) is 5.69 Å². The van der Waals surface area contributed by atoms with Crippen molar-refractivity contribution in [2.45, 2.75) is 35.2 Å². The second kappa shape index (κ2) is 4.92. The number of halogens is 3. The number of rotatable bonds is 4. The molecular weight excluding hydrogens is 295 g/mol. The zero-order chi connectivity index (χ0) is 15.0. The summed E-state index contributed by atoms with van der Waals surface area (Å²) in [5.74, 6) is 0. The third-order valence-corrected chi connectivity index (χ3v) is 4.99. The van der Waals surface area contributed by atoms with Crippen LogP contribution in [0.1, 0.15) is 19.3 Å². The maximum atomic E-state index is 12.4. The minimum absolute atomic E-state index is 0.0738. The van der Waals surface area contributed by atoms with E-state index in [4.69, 9.17) is 0 Å². The van der Waals surface area contributed by atoms with Crippen LogP contribution < -0.4 is 5.32 Å². The van der Waals surface area contributed by atoms with Gasteiger partial charge in [0.1, 0.15) is 0 Å². The second-order valence-corrected chi connectivity index (χ2v) is 6.83. The van der Waals surface area contributed by atoms with Crippen molar-refractivity contribution in [1.82, 2.24) is 0 Å². The molecule has 1 aliphatic carbocycles. The number of hydrogen-bond acceptors (Lipinski definition) is 4. The first-order valence-corrected chi connectivity index (χ1v) is 7.49. The smallest absolute Gasteiger partial charge is 0.394 e. The van der Waals surface area contributed by atoms with Crippen molar-refractivity contribution in [2.24, 2.45) is 0 Å². The lowest BCUT2D eigenvalue weighted by atomic mass is 9.77. The van der Waals surface area contributed by atoms with Crippen LogP contribution in [0.15, 0.2) is 29.2 Å². The quantitative estimate of drug-likeness (QED) is 0.895. The molecule has 2 rings (SSSR count). The lowest BCUT2D eigenvalue weighted by molar-refractivity contribution is -0.0436. The van der Waals surface area contributed by atoms with Gasteiger partial charge >= 0.3 is 5.51 Å². The molecule has 0 heterocycles. The Bertz CT molecular complexity index is 571. The van der Waals surface area contributed by atoms with Gasteiger partial charge in [-0.25, -0.2) is 8.42 Å². The number of benzene rings is 1. The van der Waals surface area contributed by atoms with Crippen LogP contribution in [0.2, 0.25) is 0 Å². The lowest BCUT2D eigenvalue weighted by Gasteiger charge is -2.41. The second-order valence-electron chi connectivity index (χ2n) is 4.89. The highest BCUT2D eigenvalue weighted by molar-refractivity contribution is 7.92. The predicted molar refractivity (Wildman–Crippen MR) is 67.0 cm³/mol. The van der Waals surface area contributed by atoms with Gasteiger partial charge in [-0.05, 0) is 43.5 Å². The van der Waals surface area contributed by atoms with Crippen molar-refractivity contribution in [3.63, 3.8) is 0 Å². The molecule has 1 aliphatic rings. The highest BCUT2D eigenvalue weighted by atomic mass is 32.2. The van der Waals surface area contributed by atoms with Gasteiger partial charge in [-0.1, -0.05) is 0 Å². The average Bonchev–Trinajstić information content (AvgIpc) is 2.33. The molecule has 1 aromatic rings. The number of nitrogens with one attached hydrogen (secondary N) is 1. The van der Waals surface area contributed by atoms with Crippen molar-refractivity contribution in [3.05, 3.63) is 24.3 Å². The first kappa shape index (κ1) is 15.1. The van der Waals surface area contributed by atoms with Gasteiger partial charge in [0.25, 0.3) is 9.84 Å². The molecular formula is C12H14F3NO3S. The molecule has 4 nitrogen and oxygen atoms in total. The minimum Gasteiger partial charge on any atom is -0.394 e. The van der Waals surface area contributed by atoms with Crippen molar-refractivity contribution in [3.8, 4) is 0 Å². The van der Waals surface area contributed by atoms with Crippen molar-refractivity contribution < 1.29 is 26.7 Å². The minimum atomic E-state index is -5.31. The van der Waals surface area contributed by atoms with Gasteiger partial charge in [-0.3, -0.25) is 0 Å². The Hall–Kier alpha value is -1.28. The van der Waals surface area contributed by atoms with E-state index in [1.807, 2.05) is 0 Å². The van der Waals surface area contributed by atoms with Gasteiger partial charge in [0.05, 0.1) is 17.0 Å². The van der Waals surface area contributed by atoms with Gasteiger partial charge in [0.15, 0.2) is 0 Å². The van der Waals surface area contributed by atoms with Crippen LogP contribution in [-0.2, 0) is 9.84 Å². The Balaban J connectivity index is 2.19. The van der Waals surface area contributed by atoms with E-state index in [0.29, 0.717) is 5.69 Å². The summed E-state index contributed by atoms with van der Waals surface area (Å²) in [4.78, 5) is -0.790. The van der Waals surface area contributed by atoms with E-state index in [2.05, 4.69) is 5.32 Å². The first-order chi connectivity index (χ1) is 9.20. The third kappa shape index (κ3) is 2.62. The molecule has 2 N–H and O–H groups in total. The SMILES string of the molecule is O=S(=O)(c1ccc(NC2(CO)CCC2)cc1)C(F)(F)F. The fourth-order valence-corrected chi connectivity index (χ4v) is 2.85. The van der Waals surface area contributed by atoms with Gasteiger partial charge in [-0.2, -0.15) is 13.2 Å². The topological polar surface area (TPSA) is 66.4 Å². The van der Waals surface area contributed by atoms with E-state index in [1.54, 1.807) is 0 Å². The lowest BCUT2D eigenvalue weighted by Crippen LogP contribution is -2.48. The van der Waals surface area contributed by atoms with E-state index < -0.39 is 25.8 Å². The molecule has 0 aliphatic heterocycles. The van der Waals surface area contributed by atoms with E-state index in [-0.39, 0.29) is 6.61 Å². The Morgan fingerprint density at radius 3 is 2.10 bits per heavy atom. The highest BCUT2D eigenvalue weighted by Crippen LogP contribution is 2.36. The molecule has 0 spiro atoms. The molecule has 0 bridgehead atoms. The number of alkyl halides is 3. The molecule has 1 aromatic carbocycles. The van der Waals surface area contributed by atoms with Crippen LogP contribution >= 0.6 is 0 Å². The summed E-state index contributed by atoms with van der Waals surface area (Å²) >= 11 is 0. The van der Waals surface area contributed by atoms with Crippen LogP contribution in [0, 0.1) is 0 Å². The van der Waals surface area contributed by atoms with E-state index in [1.165, 1.54) is 12.1 Å². The van der Waals surface area contributed by atoms with Gasteiger partial charge in [0.2, 0.25) is 0 Å². The van der Waals surface area contributed by atoms with Crippen LogP contribution in [0.5, 0.6) is 0 Å². The average molecular weight is 309 g/mol. The summed E-state index contributed by atoms with van der Waals surface area (Å²) in [6, 6.07) is 4.37. The molecule has 1 fully saturated rings. The van der Waals surface area contributed by atoms with Crippen LogP contribution in [0.4, 0.5) is 18.9 Å². The standard InChI is InChI=1S/C12H14F3NO3S/c13-12(14,15)20(18,19)10-4-2-9(3-5-10)16-11(8-17)6-1-7-11/h2-5,16-17H,1,6-8H2. The van der Waals surface area contributed by atoms with Gasteiger partial charge in [-0.15, -0.1) is 0 Å². The number of aliphatic hydroxyl groups is 1. The van der Waals surface area contributed by atoms with E-state index in [0.717, 1.165) is 31.4 Å². The van der Waals surface area contributed by atoms with Crippen LogP contribution in [0.25, 0.3) is 0 Å². The third-order valence-electron chi connectivity index (χ3n) is 3.49. The number of hydrogen-bond donors (Lipinski definition) is 2. The maximum absolute atomic E-state index is 12.4. The Morgan fingerprint density at radius 1 is 1.20 bits per heavy atom. The summed E-state index contributed by atoms with van der Waals surface area (Å²) in [6.45, 7) is -0.0738. The summed E-state index contributed by atoms with van der Waals surface area (Å²) in [7, 11) is -5.31. The highest BCUT2D eigenvalue weighted by Gasteiger charge is 2.46. The first-order valence-electron chi connectivity index (χ1n) is 6.01. The number of sulfone groups is 1.